The lowest BCUT2D eigenvalue weighted by atomic mass is 10.1. The molecule has 3 rings (SSSR count). The summed E-state index contributed by atoms with van der Waals surface area (Å²) in [6.07, 6.45) is 1.71. The number of nitrogens with zero attached hydrogens (tertiary/aromatic N) is 1. The van der Waals surface area contributed by atoms with Gasteiger partial charge in [0.2, 0.25) is 0 Å². The second kappa shape index (κ2) is 6.72. The van der Waals surface area contributed by atoms with Crippen LogP contribution in [0.5, 0.6) is 0 Å². The molecule has 0 aliphatic carbocycles. The van der Waals surface area contributed by atoms with E-state index in [9.17, 15) is 9.59 Å². The number of hydrogen-bond acceptors (Lipinski definition) is 4. The molecule has 1 aliphatic heterocycles. The third-order valence-corrected chi connectivity index (χ3v) is 4.35. The second-order valence-corrected chi connectivity index (χ2v) is 6.23. The number of carbonyl (C=O) groups is 2. The average Bonchev–Trinajstić information content (AvgIpc) is 2.90. The molecule has 2 aromatic rings. The van der Waals surface area contributed by atoms with Gasteiger partial charge >= 0.3 is 5.97 Å². The number of carbonyl (C=O) groups excluding carboxylic acids is 1. The molecule has 0 unspecified atom stereocenters. The molecule has 0 spiro atoms. The minimum Gasteiger partial charge on any atom is -0.478 e. The van der Waals surface area contributed by atoms with Crippen molar-refractivity contribution in [1.29, 1.82) is 0 Å². The summed E-state index contributed by atoms with van der Waals surface area (Å²) in [6.45, 7) is 1.96. The third-order valence-electron chi connectivity index (χ3n) is 3.44. The van der Waals surface area contributed by atoms with E-state index in [4.69, 9.17) is 5.11 Å². The van der Waals surface area contributed by atoms with E-state index in [1.54, 1.807) is 18.2 Å². The van der Waals surface area contributed by atoms with E-state index in [0.717, 1.165) is 16.8 Å². The Bertz CT molecular complexity index is 870. The third kappa shape index (κ3) is 3.55. The molecule has 24 heavy (non-hydrogen) atoms. The molecule has 0 aromatic heterocycles. The van der Waals surface area contributed by atoms with Gasteiger partial charge in [-0.1, -0.05) is 30.3 Å². The van der Waals surface area contributed by atoms with Gasteiger partial charge in [-0.15, -0.1) is 0 Å². The first-order chi connectivity index (χ1) is 11.5. The van der Waals surface area contributed by atoms with Crippen molar-refractivity contribution in [2.24, 2.45) is 4.99 Å². The first kappa shape index (κ1) is 16.0. The van der Waals surface area contributed by atoms with Gasteiger partial charge in [0.1, 0.15) is 0 Å². The lowest BCUT2D eigenvalue weighted by Gasteiger charge is -1.99. The normalized spacial score (nSPS) is 17.3. The predicted octanol–water partition coefficient (Wildman–Crippen LogP) is 3.58. The monoisotopic (exact) mass is 338 g/mol. The lowest BCUT2D eigenvalue weighted by molar-refractivity contribution is -0.115. The molecule has 2 N–H and O–H groups in total. The van der Waals surface area contributed by atoms with Crippen LogP contribution < -0.4 is 5.32 Å². The number of amidine groups is 1. The molecular formula is C18H14N2O3S. The fourth-order valence-corrected chi connectivity index (χ4v) is 2.99. The zero-order chi connectivity index (χ0) is 17.1. The van der Waals surface area contributed by atoms with Gasteiger partial charge in [0.25, 0.3) is 5.91 Å². The Morgan fingerprint density at radius 2 is 1.88 bits per heavy atom. The highest BCUT2D eigenvalue weighted by molar-refractivity contribution is 8.18. The van der Waals surface area contributed by atoms with E-state index in [2.05, 4.69) is 10.3 Å². The molecule has 0 radical (unpaired) electrons. The molecule has 1 aliphatic rings. The van der Waals surface area contributed by atoms with Crippen LogP contribution in [0.1, 0.15) is 21.5 Å². The van der Waals surface area contributed by atoms with Crippen molar-refractivity contribution in [3.8, 4) is 0 Å². The minimum atomic E-state index is -0.977. The number of nitrogens with one attached hydrogen (secondary N) is 1. The maximum Gasteiger partial charge on any atom is 0.335 e. The van der Waals surface area contributed by atoms with Gasteiger partial charge in [0, 0.05) is 0 Å². The Kier molecular flexibility index (Phi) is 4.48. The average molecular weight is 338 g/mol. The minimum absolute atomic E-state index is 0.211. The van der Waals surface area contributed by atoms with Crippen LogP contribution in [0.25, 0.3) is 6.08 Å². The lowest BCUT2D eigenvalue weighted by Crippen LogP contribution is -2.19. The number of carboxylic acids is 1. The molecule has 1 heterocycles. The topological polar surface area (TPSA) is 78.8 Å². The SMILES string of the molecule is Cc1ccccc1N=C1NC(=O)C(=Cc2ccc(C(=O)O)cc2)S1. The number of para-hydroxylation sites is 1. The maximum atomic E-state index is 12.1. The van der Waals surface area contributed by atoms with Crippen molar-refractivity contribution in [3.63, 3.8) is 0 Å². The van der Waals surface area contributed by atoms with Gasteiger partial charge in [0.05, 0.1) is 16.2 Å². The second-order valence-electron chi connectivity index (χ2n) is 5.20. The Labute approximate surface area is 143 Å². The van der Waals surface area contributed by atoms with Gasteiger partial charge < -0.3 is 10.4 Å². The van der Waals surface area contributed by atoms with Crippen LogP contribution in [0, 0.1) is 6.92 Å². The van der Waals surface area contributed by atoms with E-state index in [1.165, 1.54) is 23.9 Å². The number of rotatable bonds is 3. The molecule has 0 saturated carbocycles. The van der Waals surface area contributed by atoms with E-state index in [0.29, 0.717) is 10.1 Å². The number of aryl methyl sites for hydroxylation is 1. The maximum absolute atomic E-state index is 12.1. The number of aliphatic imine (C=N–C) groups is 1. The molecule has 120 valence electrons. The van der Waals surface area contributed by atoms with Gasteiger partial charge in [-0.05, 0) is 54.1 Å². The summed E-state index contributed by atoms with van der Waals surface area (Å²) in [6, 6.07) is 14.0. The molecule has 0 bridgehead atoms. The molecule has 1 amide bonds. The van der Waals surface area contributed by atoms with Crippen LogP contribution in [-0.4, -0.2) is 22.2 Å². The summed E-state index contributed by atoms with van der Waals surface area (Å²) in [5.74, 6) is -1.19. The number of aromatic carboxylic acids is 1. The summed E-state index contributed by atoms with van der Waals surface area (Å²) in [4.78, 5) is 27.9. The smallest absolute Gasteiger partial charge is 0.335 e. The van der Waals surface area contributed by atoms with Crippen LogP contribution >= 0.6 is 11.8 Å². The van der Waals surface area contributed by atoms with Crippen LogP contribution in [0.4, 0.5) is 5.69 Å². The Morgan fingerprint density at radius 1 is 1.17 bits per heavy atom. The first-order valence-electron chi connectivity index (χ1n) is 7.21. The van der Waals surface area contributed by atoms with Crippen molar-refractivity contribution < 1.29 is 14.7 Å². The van der Waals surface area contributed by atoms with Crippen molar-refractivity contribution >= 4 is 40.6 Å². The molecule has 6 heteroatoms. The zero-order valence-electron chi connectivity index (χ0n) is 12.8. The first-order valence-corrected chi connectivity index (χ1v) is 8.03. The van der Waals surface area contributed by atoms with Crippen LogP contribution in [0.3, 0.4) is 0 Å². The largest absolute Gasteiger partial charge is 0.478 e. The summed E-state index contributed by atoms with van der Waals surface area (Å²) < 4.78 is 0. The van der Waals surface area contributed by atoms with E-state index < -0.39 is 5.97 Å². The highest BCUT2D eigenvalue weighted by Gasteiger charge is 2.23. The fourth-order valence-electron chi connectivity index (χ4n) is 2.15. The predicted molar refractivity (Wildman–Crippen MR) is 95.4 cm³/mol. The number of carboxylic acid groups (broad SMARTS) is 1. The highest BCUT2D eigenvalue weighted by atomic mass is 32.2. The van der Waals surface area contributed by atoms with Crippen molar-refractivity contribution in [2.45, 2.75) is 6.92 Å². The van der Waals surface area contributed by atoms with Gasteiger partial charge in [-0.3, -0.25) is 4.79 Å². The summed E-state index contributed by atoms with van der Waals surface area (Å²) >= 11 is 1.26. The molecular weight excluding hydrogens is 324 g/mol. The van der Waals surface area contributed by atoms with Crippen molar-refractivity contribution in [2.75, 3.05) is 0 Å². The number of thioether (sulfide) groups is 1. The van der Waals surface area contributed by atoms with Gasteiger partial charge in [0.15, 0.2) is 5.17 Å². The number of hydrogen-bond donors (Lipinski definition) is 2. The molecule has 1 fully saturated rings. The number of amides is 1. The van der Waals surface area contributed by atoms with E-state index in [1.807, 2.05) is 31.2 Å². The molecule has 2 aromatic carbocycles. The van der Waals surface area contributed by atoms with Gasteiger partial charge in [-0.25, -0.2) is 9.79 Å². The number of benzene rings is 2. The fraction of sp³-hybridized carbons (Fsp3) is 0.0556. The molecule has 5 nitrogen and oxygen atoms in total. The van der Waals surface area contributed by atoms with E-state index in [-0.39, 0.29) is 11.5 Å². The summed E-state index contributed by atoms with van der Waals surface area (Å²) in [7, 11) is 0. The van der Waals surface area contributed by atoms with E-state index >= 15 is 0 Å². The van der Waals surface area contributed by atoms with Crippen LogP contribution in [0.15, 0.2) is 58.4 Å². The standard InChI is InChI=1S/C18H14N2O3S/c1-11-4-2-3-5-14(11)19-18-20-16(21)15(24-18)10-12-6-8-13(9-7-12)17(22)23/h2-10H,1H3,(H,22,23)(H,19,20,21). The molecule has 1 saturated heterocycles. The van der Waals surface area contributed by atoms with Crippen LogP contribution in [-0.2, 0) is 4.79 Å². The quantitative estimate of drug-likeness (QED) is 0.838. The molecule has 0 atom stereocenters. The van der Waals surface area contributed by atoms with Crippen LogP contribution in [0.2, 0.25) is 0 Å². The summed E-state index contributed by atoms with van der Waals surface area (Å²) in [5.41, 5.74) is 2.81. The Hall–Kier alpha value is -2.86. The summed E-state index contributed by atoms with van der Waals surface area (Å²) in [5, 5.41) is 12.2. The Morgan fingerprint density at radius 3 is 2.54 bits per heavy atom. The highest BCUT2D eigenvalue weighted by Crippen LogP contribution is 2.29. The zero-order valence-corrected chi connectivity index (χ0v) is 13.6. The van der Waals surface area contributed by atoms with Gasteiger partial charge in [-0.2, -0.15) is 0 Å². The van der Waals surface area contributed by atoms with Crippen molar-refractivity contribution in [3.05, 3.63) is 70.1 Å². The van der Waals surface area contributed by atoms with Crippen molar-refractivity contribution in [1.82, 2.24) is 5.32 Å². The Balaban J connectivity index is 1.82.